The molecule has 1 aromatic heterocycles. The van der Waals surface area contributed by atoms with E-state index in [1.165, 1.54) is 0 Å². The van der Waals surface area contributed by atoms with Crippen molar-refractivity contribution < 1.29 is 9.84 Å². The maximum atomic E-state index is 8.74. The van der Waals surface area contributed by atoms with Gasteiger partial charge in [-0.2, -0.15) is 0 Å². The highest BCUT2D eigenvalue weighted by molar-refractivity contribution is 7.16. The lowest BCUT2D eigenvalue weighted by Gasteiger charge is -2.20. The second kappa shape index (κ2) is 10.4. The van der Waals surface area contributed by atoms with Crippen LogP contribution in [0.3, 0.4) is 0 Å². The number of allylic oxidation sites excluding steroid dienone is 1. The van der Waals surface area contributed by atoms with Gasteiger partial charge < -0.3 is 20.5 Å². The quantitative estimate of drug-likeness (QED) is 0.641. The number of rotatable bonds is 7. The zero-order valence-corrected chi connectivity index (χ0v) is 16.2. The average molecular weight is 354 g/mol. The highest BCUT2D eigenvalue weighted by atomic mass is 32.1. The van der Waals surface area contributed by atoms with Gasteiger partial charge in [0.15, 0.2) is 11.4 Å². The van der Waals surface area contributed by atoms with Gasteiger partial charge in [0.2, 0.25) is 0 Å². The largest absolute Gasteiger partial charge is 0.469 e. The zero-order valence-electron chi connectivity index (χ0n) is 15.4. The first kappa shape index (κ1) is 20.5. The lowest BCUT2D eigenvalue weighted by atomic mass is 9.95. The van der Waals surface area contributed by atoms with Crippen LogP contribution >= 0.6 is 11.3 Å². The highest BCUT2D eigenvalue weighted by Gasteiger charge is 2.25. The lowest BCUT2D eigenvalue weighted by Crippen LogP contribution is -2.19. The number of nitrogens with zero attached hydrogens (tertiary/aromatic N) is 1. The van der Waals surface area contributed by atoms with Gasteiger partial charge in [0.05, 0.1) is 0 Å². The van der Waals surface area contributed by atoms with Crippen molar-refractivity contribution in [3.63, 3.8) is 0 Å². The van der Waals surface area contributed by atoms with E-state index < -0.39 is 0 Å². The van der Waals surface area contributed by atoms with Gasteiger partial charge in [-0.05, 0) is 25.0 Å². The van der Waals surface area contributed by atoms with Gasteiger partial charge in [-0.3, -0.25) is 0 Å². The van der Waals surface area contributed by atoms with Crippen molar-refractivity contribution in [1.82, 2.24) is 10.3 Å². The lowest BCUT2D eigenvalue weighted by molar-refractivity contribution is 0.124. The van der Waals surface area contributed by atoms with E-state index >= 15 is 0 Å². The number of hydrogen-bond donors (Lipinski definition) is 3. The summed E-state index contributed by atoms with van der Waals surface area (Å²) in [4.78, 5) is 5.42. The smallest absolute Gasteiger partial charge is 0.189 e. The molecule has 0 saturated heterocycles. The van der Waals surface area contributed by atoms with Crippen LogP contribution in [0.15, 0.2) is 24.2 Å². The summed E-state index contributed by atoms with van der Waals surface area (Å²) in [6.45, 7) is 11.5. The number of anilines is 1. The summed E-state index contributed by atoms with van der Waals surface area (Å²) in [7, 11) is 0. The second-order valence-electron chi connectivity index (χ2n) is 6.25. The van der Waals surface area contributed by atoms with Gasteiger partial charge >= 0.3 is 0 Å². The minimum absolute atomic E-state index is 0.0196. The van der Waals surface area contributed by atoms with Crippen LogP contribution in [0, 0.1) is 5.41 Å². The van der Waals surface area contributed by atoms with Crippen molar-refractivity contribution >= 4 is 22.5 Å². The molecule has 0 fully saturated rings. The van der Waals surface area contributed by atoms with Crippen molar-refractivity contribution in [2.24, 2.45) is 5.41 Å². The van der Waals surface area contributed by atoms with Gasteiger partial charge in [0, 0.05) is 35.8 Å². The molecule has 0 saturated carbocycles. The summed E-state index contributed by atoms with van der Waals surface area (Å²) in [5.41, 5.74) is 0.0196. The standard InChI is InChI=1S/C16H25N3O2S.C2H6/c1-16(2,3)13-11-18-14(21-13)7-6-12-10-19-15(22-12)17-8-4-5-9-20;1-2/h6-7,10-11,14,18,20H,4-5,8-9H2,1-3H3,(H,17,19);1-2H3/b7-6+;. The van der Waals surface area contributed by atoms with Crippen molar-refractivity contribution in [1.29, 1.82) is 0 Å². The molecular weight excluding hydrogens is 322 g/mol. The van der Waals surface area contributed by atoms with E-state index in [-0.39, 0.29) is 18.2 Å². The third kappa shape index (κ3) is 6.93. The Bertz CT molecular complexity index is 533. The molecule has 1 unspecified atom stereocenters. The summed E-state index contributed by atoms with van der Waals surface area (Å²) >= 11 is 1.61. The monoisotopic (exact) mass is 353 g/mol. The van der Waals surface area contributed by atoms with Crippen LogP contribution in [0.1, 0.15) is 52.3 Å². The van der Waals surface area contributed by atoms with Crippen molar-refractivity contribution in [3.05, 3.63) is 29.1 Å². The SMILES string of the molecule is CC.CC(C)(C)C1=CNC(/C=C/c2cnc(NCCCCO)s2)O1. The number of hydrogen-bond acceptors (Lipinski definition) is 6. The topological polar surface area (TPSA) is 66.4 Å². The molecule has 1 aromatic rings. The van der Waals surface area contributed by atoms with Crippen LogP contribution in [0.4, 0.5) is 5.13 Å². The molecule has 0 bridgehead atoms. The van der Waals surface area contributed by atoms with Crippen molar-refractivity contribution in [3.8, 4) is 0 Å². The molecular formula is C18H31N3O2S. The fraction of sp³-hybridized carbons (Fsp3) is 0.611. The number of nitrogens with one attached hydrogen (secondary N) is 2. The van der Waals surface area contributed by atoms with E-state index in [0.29, 0.717) is 0 Å². The van der Waals surface area contributed by atoms with E-state index in [4.69, 9.17) is 9.84 Å². The number of unbranched alkanes of at least 4 members (excludes halogenated alkanes) is 1. The Morgan fingerprint density at radius 1 is 1.38 bits per heavy atom. The van der Waals surface area contributed by atoms with Gasteiger partial charge in [-0.15, -0.1) is 0 Å². The molecule has 5 nitrogen and oxygen atoms in total. The molecule has 1 atom stereocenters. The summed E-state index contributed by atoms with van der Waals surface area (Å²) in [5, 5.41) is 16.1. The molecule has 136 valence electrons. The maximum Gasteiger partial charge on any atom is 0.189 e. The Hall–Kier alpha value is -1.53. The summed E-state index contributed by atoms with van der Waals surface area (Å²) < 4.78 is 5.85. The Morgan fingerprint density at radius 3 is 2.75 bits per heavy atom. The molecule has 0 spiro atoms. The van der Waals surface area contributed by atoms with Crippen LogP contribution in [0.2, 0.25) is 0 Å². The summed E-state index contributed by atoms with van der Waals surface area (Å²) in [5.74, 6) is 0.970. The van der Waals surface area contributed by atoms with Gasteiger partial charge in [-0.25, -0.2) is 4.98 Å². The molecule has 6 heteroatoms. The molecule has 2 rings (SSSR count). The van der Waals surface area contributed by atoms with Crippen LogP contribution in [0.25, 0.3) is 6.08 Å². The first-order valence-corrected chi connectivity index (χ1v) is 9.43. The maximum absolute atomic E-state index is 8.74. The molecule has 0 amide bonds. The fourth-order valence-electron chi connectivity index (χ4n) is 1.91. The molecule has 3 N–H and O–H groups in total. The molecule has 24 heavy (non-hydrogen) atoms. The second-order valence-corrected chi connectivity index (χ2v) is 7.31. The van der Waals surface area contributed by atoms with Gasteiger partial charge in [0.1, 0.15) is 5.76 Å². The minimum Gasteiger partial charge on any atom is -0.469 e. The highest BCUT2D eigenvalue weighted by Crippen LogP contribution is 2.29. The molecule has 2 heterocycles. The van der Waals surface area contributed by atoms with E-state index in [0.717, 1.165) is 35.2 Å². The number of aliphatic hydroxyl groups is 1. The predicted molar refractivity (Wildman–Crippen MR) is 103 cm³/mol. The molecule has 1 aliphatic heterocycles. The Kier molecular flexibility index (Phi) is 8.85. The molecule has 0 radical (unpaired) electrons. The summed E-state index contributed by atoms with van der Waals surface area (Å²) in [6, 6.07) is 0. The average Bonchev–Trinajstić information content (AvgIpc) is 3.20. The fourth-order valence-corrected chi connectivity index (χ4v) is 2.67. The Labute approximate surface area is 149 Å². The number of aliphatic hydroxyl groups excluding tert-OH is 1. The van der Waals surface area contributed by atoms with Crippen molar-refractivity contribution in [2.75, 3.05) is 18.5 Å². The first-order valence-electron chi connectivity index (χ1n) is 8.61. The van der Waals surface area contributed by atoms with Crippen molar-refractivity contribution in [2.45, 2.75) is 53.7 Å². The molecule has 0 aromatic carbocycles. The van der Waals surface area contributed by atoms with Crippen LogP contribution < -0.4 is 10.6 Å². The first-order chi connectivity index (χ1) is 11.5. The normalized spacial score (nSPS) is 16.9. The van der Waals surface area contributed by atoms with E-state index in [1.54, 1.807) is 11.3 Å². The number of ether oxygens (including phenoxy) is 1. The van der Waals surface area contributed by atoms with Gasteiger partial charge in [-0.1, -0.05) is 46.0 Å². The number of aromatic nitrogens is 1. The van der Waals surface area contributed by atoms with E-state index in [9.17, 15) is 0 Å². The molecule has 1 aliphatic rings. The third-order valence-electron chi connectivity index (χ3n) is 3.19. The Morgan fingerprint density at radius 2 is 2.12 bits per heavy atom. The predicted octanol–water partition coefficient (Wildman–Crippen LogP) is 4.20. The van der Waals surface area contributed by atoms with E-state index in [2.05, 4.69) is 36.4 Å². The summed E-state index contributed by atoms with van der Waals surface area (Å²) in [6.07, 6.45) is 9.46. The number of thiazole rings is 1. The van der Waals surface area contributed by atoms with E-state index in [1.807, 2.05) is 38.4 Å². The molecule has 0 aliphatic carbocycles. The Balaban J connectivity index is 0.00000139. The minimum atomic E-state index is -0.114. The zero-order chi connectivity index (χ0) is 18.0. The third-order valence-corrected chi connectivity index (χ3v) is 4.11. The van der Waals surface area contributed by atoms with Crippen LogP contribution in [0.5, 0.6) is 0 Å². The van der Waals surface area contributed by atoms with Gasteiger partial charge in [0.25, 0.3) is 0 Å². The van der Waals surface area contributed by atoms with Crippen LogP contribution in [-0.4, -0.2) is 29.5 Å². The van der Waals surface area contributed by atoms with Crippen LogP contribution in [-0.2, 0) is 4.74 Å².